The van der Waals surface area contributed by atoms with Crippen LogP contribution >= 0.6 is 11.3 Å². The minimum atomic E-state index is -0.993. The molecule has 0 aliphatic heterocycles. The molecule has 3 N–H and O–H groups in total. The molecule has 0 saturated heterocycles. The van der Waals surface area contributed by atoms with Crippen molar-refractivity contribution in [2.75, 3.05) is 5.73 Å². The van der Waals surface area contributed by atoms with Gasteiger partial charge in [0, 0.05) is 17.0 Å². The summed E-state index contributed by atoms with van der Waals surface area (Å²) in [5, 5.41) is 10.1. The summed E-state index contributed by atoms with van der Waals surface area (Å²) in [6, 6.07) is 12.0. The molecule has 2 aromatic heterocycles. The van der Waals surface area contributed by atoms with Crippen LogP contribution in [0.25, 0.3) is 21.3 Å². The fourth-order valence-corrected chi connectivity index (χ4v) is 3.70. The number of nitrogens with zero attached hydrogens (tertiary/aromatic N) is 1. The predicted molar refractivity (Wildman–Crippen MR) is 88.4 cm³/mol. The van der Waals surface area contributed by atoms with Gasteiger partial charge in [0.05, 0.1) is 5.69 Å². The molecular weight excluding hydrogens is 296 g/mol. The second-order valence-corrected chi connectivity index (χ2v) is 6.56. The summed E-state index contributed by atoms with van der Waals surface area (Å²) < 4.78 is 0. The van der Waals surface area contributed by atoms with E-state index in [0.29, 0.717) is 11.6 Å². The lowest BCUT2D eigenvalue weighted by atomic mass is 10.0. The number of aromatic carboxylic acids is 1. The van der Waals surface area contributed by atoms with Crippen LogP contribution in [0.5, 0.6) is 0 Å². The first-order chi connectivity index (χ1) is 10.6. The van der Waals surface area contributed by atoms with Gasteiger partial charge >= 0.3 is 5.97 Å². The highest BCUT2D eigenvalue weighted by molar-refractivity contribution is 7.21. The molecule has 2 heterocycles. The normalized spacial score (nSPS) is 14.4. The lowest BCUT2D eigenvalue weighted by Crippen LogP contribution is -1.98. The molecule has 1 aromatic carbocycles. The summed E-state index contributed by atoms with van der Waals surface area (Å²) in [7, 11) is 0. The van der Waals surface area contributed by atoms with Gasteiger partial charge in [-0.05, 0) is 30.0 Å². The largest absolute Gasteiger partial charge is 0.477 e. The van der Waals surface area contributed by atoms with E-state index in [0.717, 1.165) is 51.2 Å². The Kier molecular flexibility index (Phi) is 2.90. The number of thiophene rings is 1. The van der Waals surface area contributed by atoms with Gasteiger partial charge in [0.25, 0.3) is 0 Å². The number of carboxylic acid groups (broad SMARTS) is 1. The summed E-state index contributed by atoms with van der Waals surface area (Å²) in [6.07, 6.45) is 2.30. The van der Waals surface area contributed by atoms with Gasteiger partial charge in [-0.2, -0.15) is 0 Å². The lowest BCUT2D eigenvalue weighted by Gasteiger charge is -2.07. The molecule has 1 saturated carbocycles. The molecule has 0 unspecified atom stereocenters. The van der Waals surface area contributed by atoms with Crippen molar-refractivity contribution >= 4 is 33.2 Å². The van der Waals surface area contributed by atoms with Crippen molar-refractivity contribution in [2.24, 2.45) is 0 Å². The Morgan fingerprint density at radius 3 is 2.64 bits per heavy atom. The fraction of sp³-hybridized carbons (Fsp3) is 0.176. The number of anilines is 1. The lowest BCUT2D eigenvalue weighted by molar-refractivity contribution is 0.0703. The summed E-state index contributed by atoms with van der Waals surface area (Å²) in [5.74, 6) is -0.490. The number of aromatic nitrogens is 1. The number of pyridine rings is 1. The van der Waals surface area contributed by atoms with Crippen molar-refractivity contribution in [1.82, 2.24) is 4.98 Å². The predicted octanol–water partition coefficient (Wildman–Crippen LogP) is 4.12. The quantitative estimate of drug-likeness (QED) is 0.763. The van der Waals surface area contributed by atoms with Crippen molar-refractivity contribution in [1.29, 1.82) is 0 Å². The zero-order chi connectivity index (χ0) is 15.3. The van der Waals surface area contributed by atoms with Crippen LogP contribution in [0.2, 0.25) is 0 Å². The van der Waals surface area contributed by atoms with Gasteiger partial charge in [-0.15, -0.1) is 11.3 Å². The zero-order valence-electron chi connectivity index (χ0n) is 11.7. The summed E-state index contributed by atoms with van der Waals surface area (Å²) in [4.78, 5) is 16.9. The molecule has 0 atom stereocenters. The number of nitrogens with two attached hydrogens (primary N) is 1. The number of nitrogen functional groups attached to an aromatic ring is 1. The van der Waals surface area contributed by atoms with Crippen LogP contribution in [0.1, 0.15) is 34.1 Å². The molecule has 0 spiro atoms. The maximum Gasteiger partial charge on any atom is 0.348 e. The summed E-state index contributed by atoms with van der Waals surface area (Å²) in [6.45, 7) is 0. The van der Waals surface area contributed by atoms with Crippen LogP contribution in [-0.2, 0) is 0 Å². The van der Waals surface area contributed by atoms with Crippen molar-refractivity contribution in [3.63, 3.8) is 0 Å². The van der Waals surface area contributed by atoms with Crippen molar-refractivity contribution in [3.8, 4) is 11.1 Å². The third kappa shape index (κ3) is 2.05. The Hall–Kier alpha value is -2.40. The molecule has 5 heteroatoms. The maximum atomic E-state index is 11.4. The number of fused-ring (bicyclic) bond motifs is 1. The first-order valence-electron chi connectivity index (χ1n) is 7.17. The first-order valence-corrected chi connectivity index (χ1v) is 7.98. The van der Waals surface area contributed by atoms with E-state index in [4.69, 9.17) is 5.73 Å². The van der Waals surface area contributed by atoms with E-state index in [1.54, 1.807) is 0 Å². The minimum Gasteiger partial charge on any atom is -0.477 e. The van der Waals surface area contributed by atoms with Crippen molar-refractivity contribution in [2.45, 2.75) is 18.8 Å². The highest BCUT2D eigenvalue weighted by Gasteiger charge is 2.28. The zero-order valence-corrected chi connectivity index (χ0v) is 12.6. The Labute approximate surface area is 131 Å². The van der Waals surface area contributed by atoms with Gasteiger partial charge in [-0.25, -0.2) is 9.78 Å². The van der Waals surface area contributed by atoms with Crippen molar-refractivity contribution < 1.29 is 9.90 Å². The highest BCUT2D eigenvalue weighted by Crippen LogP contribution is 2.45. The molecule has 4 nitrogen and oxygen atoms in total. The fourth-order valence-electron chi connectivity index (χ4n) is 2.73. The Balaban J connectivity index is 2.05. The molecule has 1 fully saturated rings. The van der Waals surface area contributed by atoms with Crippen LogP contribution in [0.3, 0.4) is 0 Å². The average molecular weight is 310 g/mol. The summed E-state index contributed by atoms with van der Waals surface area (Å²) in [5.41, 5.74) is 9.50. The monoisotopic (exact) mass is 310 g/mol. The molecule has 1 aliphatic carbocycles. The number of carboxylic acids is 1. The van der Waals surface area contributed by atoms with Gasteiger partial charge < -0.3 is 10.8 Å². The number of rotatable bonds is 3. The van der Waals surface area contributed by atoms with E-state index in [1.807, 2.05) is 30.3 Å². The number of hydrogen-bond donors (Lipinski definition) is 2. The van der Waals surface area contributed by atoms with E-state index in [1.165, 1.54) is 0 Å². The van der Waals surface area contributed by atoms with Gasteiger partial charge in [-0.1, -0.05) is 30.3 Å². The van der Waals surface area contributed by atoms with E-state index in [2.05, 4.69) is 11.1 Å². The number of carbonyl (C=O) groups is 1. The Bertz CT molecular complexity index is 883. The standard InChI is InChI=1S/C17H14N2O2S/c18-14-13-11(9-4-2-1-3-5-9)8-12(10-6-7-10)19-16(13)22-15(14)17(20)21/h1-5,8,10H,6-7,18H2,(H,20,21). The molecular formula is C17H14N2O2S. The van der Waals surface area contributed by atoms with Gasteiger partial charge in [-0.3, -0.25) is 0 Å². The van der Waals surface area contributed by atoms with E-state index < -0.39 is 5.97 Å². The van der Waals surface area contributed by atoms with Crippen LogP contribution in [0, 0.1) is 0 Å². The first kappa shape index (κ1) is 13.3. The van der Waals surface area contributed by atoms with Crippen LogP contribution in [-0.4, -0.2) is 16.1 Å². The minimum absolute atomic E-state index is 0.174. The molecule has 110 valence electrons. The van der Waals surface area contributed by atoms with Gasteiger partial charge in [0.2, 0.25) is 0 Å². The third-order valence-corrected chi connectivity index (χ3v) is 5.08. The molecule has 0 bridgehead atoms. The van der Waals surface area contributed by atoms with Crippen molar-refractivity contribution in [3.05, 3.63) is 47.0 Å². The molecule has 0 radical (unpaired) electrons. The smallest absolute Gasteiger partial charge is 0.348 e. The molecule has 4 rings (SSSR count). The SMILES string of the molecule is Nc1c(C(=O)O)sc2nc(C3CC3)cc(-c3ccccc3)c12. The average Bonchev–Trinajstić information content (AvgIpc) is 3.32. The Morgan fingerprint density at radius 1 is 1.27 bits per heavy atom. The highest BCUT2D eigenvalue weighted by atomic mass is 32.1. The third-order valence-electron chi connectivity index (χ3n) is 3.99. The van der Waals surface area contributed by atoms with Crippen LogP contribution < -0.4 is 5.73 Å². The van der Waals surface area contributed by atoms with Crippen LogP contribution in [0.4, 0.5) is 5.69 Å². The topological polar surface area (TPSA) is 76.2 Å². The van der Waals surface area contributed by atoms with Gasteiger partial charge in [0.15, 0.2) is 0 Å². The molecule has 1 aliphatic rings. The van der Waals surface area contributed by atoms with E-state index in [9.17, 15) is 9.90 Å². The molecule has 22 heavy (non-hydrogen) atoms. The van der Waals surface area contributed by atoms with Crippen LogP contribution in [0.15, 0.2) is 36.4 Å². The van der Waals surface area contributed by atoms with E-state index >= 15 is 0 Å². The maximum absolute atomic E-state index is 11.4. The molecule has 0 amide bonds. The number of hydrogen-bond acceptors (Lipinski definition) is 4. The van der Waals surface area contributed by atoms with Gasteiger partial charge in [0.1, 0.15) is 9.71 Å². The van der Waals surface area contributed by atoms with E-state index in [-0.39, 0.29) is 4.88 Å². The number of benzene rings is 1. The molecule has 3 aromatic rings. The summed E-state index contributed by atoms with van der Waals surface area (Å²) >= 11 is 1.16. The Morgan fingerprint density at radius 2 is 2.00 bits per heavy atom. The second kappa shape index (κ2) is 4.81. The second-order valence-electron chi connectivity index (χ2n) is 5.57.